The van der Waals surface area contributed by atoms with Crippen LogP contribution in [0.15, 0.2) is 0 Å². The van der Waals surface area contributed by atoms with Gasteiger partial charge in [0.05, 0.1) is 6.04 Å². The van der Waals surface area contributed by atoms with Crippen molar-refractivity contribution in [1.82, 2.24) is 10.2 Å². The second-order valence-corrected chi connectivity index (χ2v) is 8.65. The Hall–Kier alpha value is -0.220. The van der Waals surface area contributed by atoms with E-state index >= 15 is 0 Å². The van der Waals surface area contributed by atoms with Crippen LogP contribution in [0.25, 0.3) is 0 Å². The van der Waals surface area contributed by atoms with E-state index in [-0.39, 0.29) is 16.2 Å². The number of amides is 1. The van der Waals surface area contributed by atoms with Crippen LogP contribution >= 0.6 is 11.8 Å². The number of nitrogens with one attached hydrogen (secondary N) is 1. The van der Waals surface area contributed by atoms with E-state index in [9.17, 15) is 4.79 Å². The number of hydrogen-bond donors (Lipinski definition) is 1. The molecule has 1 unspecified atom stereocenters. The third-order valence-electron chi connectivity index (χ3n) is 4.11. The molecule has 18 heavy (non-hydrogen) atoms. The number of hydrogen-bond acceptors (Lipinski definition) is 3. The van der Waals surface area contributed by atoms with Gasteiger partial charge in [0.2, 0.25) is 5.91 Å². The Morgan fingerprint density at radius 2 is 2.06 bits per heavy atom. The molecule has 0 spiro atoms. The molecule has 1 atom stereocenters. The monoisotopic (exact) mass is 270 g/mol. The van der Waals surface area contributed by atoms with Crippen molar-refractivity contribution in [2.75, 3.05) is 25.4 Å². The van der Waals surface area contributed by atoms with E-state index in [1.807, 2.05) is 11.8 Å². The molecule has 0 bridgehead atoms. The number of nitrogens with zero attached hydrogens (tertiary/aromatic N) is 1. The van der Waals surface area contributed by atoms with Gasteiger partial charge in [0.25, 0.3) is 0 Å². The summed E-state index contributed by atoms with van der Waals surface area (Å²) in [6.07, 6.45) is 2.32. The minimum absolute atomic E-state index is 0.00477. The third kappa shape index (κ3) is 3.02. The lowest BCUT2D eigenvalue weighted by atomic mass is 9.77. The Balaban J connectivity index is 2.06. The van der Waals surface area contributed by atoms with Crippen LogP contribution in [0.3, 0.4) is 0 Å². The molecule has 2 aliphatic heterocycles. The van der Waals surface area contributed by atoms with Gasteiger partial charge in [-0.1, -0.05) is 13.8 Å². The van der Waals surface area contributed by atoms with Crippen molar-refractivity contribution in [3.05, 3.63) is 0 Å². The molecule has 2 aliphatic rings. The average Bonchev–Trinajstić information content (AvgIpc) is 2.26. The number of carbonyl (C=O) groups is 1. The Morgan fingerprint density at radius 3 is 2.67 bits per heavy atom. The molecule has 2 fully saturated rings. The van der Waals surface area contributed by atoms with Crippen LogP contribution in [0.5, 0.6) is 0 Å². The van der Waals surface area contributed by atoms with Crippen molar-refractivity contribution in [1.29, 1.82) is 0 Å². The van der Waals surface area contributed by atoms with Crippen LogP contribution in [-0.2, 0) is 4.79 Å². The Kier molecular flexibility index (Phi) is 3.98. The molecule has 0 aromatic rings. The summed E-state index contributed by atoms with van der Waals surface area (Å²) < 4.78 is 0.201. The van der Waals surface area contributed by atoms with Crippen molar-refractivity contribution in [2.24, 2.45) is 5.41 Å². The van der Waals surface area contributed by atoms with Gasteiger partial charge in [-0.2, -0.15) is 11.8 Å². The van der Waals surface area contributed by atoms with E-state index in [4.69, 9.17) is 0 Å². The Morgan fingerprint density at radius 1 is 1.33 bits per heavy atom. The topological polar surface area (TPSA) is 32.3 Å². The molecule has 0 radical (unpaired) electrons. The summed E-state index contributed by atoms with van der Waals surface area (Å²) in [6.45, 7) is 11.7. The van der Waals surface area contributed by atoms with E-state index in [1.54, 1.807) is 0 Å². The first-order chi connectivity index (χ1) is 8.32. The van der Waals surface area contributed by atoms with E-state index in [2.05, 4.69) is 37.9 Å². The first-order valence-electron chi connectivity index (χ1n) is 6.98. The minimum Gasteiger partial charge on any atom is -0.339 e. The number of rotatable bonds is 1. The molecule has 0 aliphatic carbocycles. The van der Waals surface area contributed by atoms with Crippen molar-refractivity contribution in [3.63, 3.8) is 0 Å². The van der Waals surface area contributed by atoms with Gasteiger partial charge in [0, 0.05) is 23.6 Å². The molecular weight excluding hydrogens is 244 g/mol. The molecule has 2 heterocycles. The smallest absolute Gasteiger partial charge is 0.240 e. The minimum atomic E-state index is 0.00477. The van der Waals surface area contributed by atoms with Crippen molar-refractivity contribution < 1.29 is 4.79 Å². The molecule has 104 valence electrons. The molecule has 0 aromatic heterocycles. The van der Waals surface area contributed by atoms with Crippen LogP contribution < -0.4 is 5.32 Å². The van der Waals surface area contributed by atoms with Crippen LogP contribution in [-0.4, -0.2) is 47.0 Å². The third-order valence-corrected chi connectivity index (χ3v) is 5.41. The zero-order valence-electron chi connectivity index (χ0n) is 12.1. The normalized spacial score (nSPS) is 31.1. The lowest BCUT2D eigenvalue weighted by Crippen LogP contribution is -2.59. The van der Waals surface area contributed by atoms with Gasteiger partial charge in [0.15, 0.2) is 0 Å². The second kappa shape index (κ2) is 5.04. The maximum absolute atomic E-state index is 12.7. The predicted octanol–water partition coefficient (Wildman–Crippen LogP) is 2.12. The lowest BCUT2D eigenvalue weighted by Gasteiger charge is -2.44. The first kappa shape index (κ1) is 14.2. The summed E-state index contributed by atoms with van der Waals surface area (Å²) in [5.74, 6) is 1.37. The first-order valence-corrected chi connectivity index (χ1v) is 7.97. The summed E-state index contributed by atoms with van der Waals surface area (Å²) in [4.78, 5) is 14.8. The highest BCUT2D eigenvalue weighted by molar-refractivity contribution is 8.00. The molecule has 1 N–H and O–H groups in total. The van der Waals surface area contributed by atoms with Gasteiger partial charge in [-0.15, -0.1) is 0 Å². The molecule has 1 amide bonds. The molecule has 4 heteroatoms. The van der Waals surface area contributed by atoms with Gasteiger partial charge < -0.3 is 10.2 Å². The highest BCUT2D eigenvalue weighted by atomic mass is 32.2. The maximum atomic E-state index is 12.7. The molecular formula is C14H26N2OS. The van der Waals surface area contributed by atoms with E-state index < -0.39 is 0 Å². The highest BCUT2D eigenvalue weighted by Crippen LogP contribution is 2.34. The fraction of sp³-hybridized carbons (Fsp3) is 0.929. The number of thioether (sulfide) groups is 1. The molecule has 2 rings (SSSR count). The average molecular weight is 270 g/mol. The number of carbonyl (C=O) groups excluding carboxylic acids is 1. The largest absolute Gasteiger partial charge is 0.339 e. The summed E-state index contributed by atoms with van der Waals surface area (Å²) >= 11 is 1.97. The Labute approximate surface area is 115 Å². The molecule has 2 saturated heterocycles. The van der Waals surface area contributed by atoms with Gasteiger partial charge >= 0.3 is 0 Å². The molecule has 0 saturated carbocycles. The fourth-order valence-electron chi connectivity index (χ4n) is 3.02. The summed E-state index contributed by atoms with van der Waals surface area (Å²) in [5.41, 5.74) is 0.0874. The van der Waals surface area contributed by atoms with E-state index in [0.717, 1.165) is 31.8 Å². The van der Waals surface area contributed by atoms with Crippen molar-refractivity contribution in [2.45, 2.75) is 51.3 Å². The van der Waals surface area contributed by atoms with E-state index in [1.165, 1.54) is 6.42 Å². The summed E-state index contributed by atoms with van der Waals surface area (Å²) in [5, 5.41) is 3.44. The highest BCUT2D eigenvalue weighted by Gasteiger charge is 2.41. The maximum Gasteiger partial charge on any atom is 0.240 e. The molecule has 0 aromatic carbocycles. The van der Waals surface area contributed by atoms with Gasteiger partial charge in [-0.25, -0.2) is 0 Å². The summed E-state index contributed by atoms with van der Waals surface area (Å²) in [7, 11) is 0. The van der Waals surface area contributed by atoms with Crippen molar-refractivity contribution >= 4 is 17.7 Å². The van der Waals surface area contributed by atoms with E-state index in [0.29, 0.717) is 5.91 Å². The van der Waals surface area contributed by atoms with Gasteiger partial charge in [-0.3, -0.25) is 4.79 Å². The van der Waals surface area contributed by atoms with Crippen molar-refractivity contribution in [3.8, 4) is 0 Å². The van der Waals surface area contributed by atoms with Crippen LogP contribution in [0.1, 0.15) is 40.5 Å². The SMILES string of the molecule is CC1(C)CN(C(=O)C2NCCCC2(C)C)CCS1. The van der Waals surface area contributed by atoms with Gasteiger partial charge in [0.1, 0.15) is 0 Å². The lowest BCUT2D eigenvalue weighted by molar-refractivity contribution is -0.137. The van der Waals surface area contributed by atoms with Crippen LogP contribution in [0, 0.1) is 5.41 Å². The number of piperidine rings is 1. The Bertz CT molecular complexity index is 328. The van der Waals surface area contributed by atoms with Crippen LogP contribution in [0.2, 0.25) is 0 Å². The second-order valence-electron chi connectivity index (χ2n) is 6.85. The zero-order valence-corrected chi connectivity index (χ0v) is 12.9. The fourth-order valence-corrected chi connectivity index (χ4v) is 4.13. The standard InChI is InChI=1S/C14H26N2OS/c1-13(2)6-5-7-15-11(13)12(17)16-8-9-18-14(3,4)10-16/h11,15H,5-10H2,1-4H3. The van der Waals surface area contributed by atoms with Crippen LogP contribution in [0.4, 0.5) is 0 Å². The zero-order chi connectivity index (χ0) is 13.4. The van der Waals surface area contributed by atoms with Gasteiger partial charge in [-0.05, 0) is 38.6 Å². The molecule has 3 nitrogen and oxygen atoms in total. The summed E-state index contributed by atoms with van der Waals surface area (Å²) in [6, 6.07) is 0.00477. The quantitative estimate of drug-likeness (QED) is 0.792. The predicted molar refractivity (Wildman–Crippen MR) is 77.9 cm³/mol.